The Balaban J connectivity index is 0.000000209. The van der Waals surface area contributed by atoms with E-state index >= 15 is 0 Å². The van der Waals surface area contributed by atoms with Crippen molar-refractivity contribution in [3.8, 4) is 0 Å². The van der Waals surface area contributed by atoms with Crippen molar-refractivity contribution in [2.24, 2.45) is 101 Å². The van der Waals surface area contributed by atoms with E-state index in [1.165, 1.54) is 47.0 Å². The molecule has 79 heavy (non-hydrogen) atoms. The van der Waals surface area contributed by atoms with Crippen LogP contribution in [0.5, 0.6) is 0 Å². The van der Waals surface area contributed by atoms with Crippen molar-refractivity contribution < 1.29 is 62.5 Å². The zero-order valence-electron chi connectivity index (χ0n) is 51.2. The third-order valence-electron chi connectivity index (χ3n) is 25.9. The summed E-state index contributed by atoms with van der Waals surface area (Å²) >= 11 is 0. The third-order valence-corrected chi connectivity index (χ3v) is 25.9. The summed E-state index contributed by atoms with van der Waals surface area (Å²) in [5.74, 6) is -5.15. The van der Waals surface area contributed by atoms with Crippen molar-refractivity contribution in [3.05, 3.63) is 11.1 Å². The fraction of sp³-hybridized carbons (Fsp3) is 0.833. The maximum atomic E-state index is 14.6. The van der Waals surface area contributed by atoms with E-state index in [2.05, 4.69) is 83.1 Å². The molecule has 1 N–H and O–H groups in total. The second-order valence-electron chi connectivity index (χ2n) is 30.5. The Morgan fingerprint density at radius 2 is 1.11 bits per heavy atom. The normalized spacial score (nSPS) is 42.8. The highest BCUT2D eigenvalue weighted by Crippen LogP contribution is 2.78. The number of fused-ring (bicyclic) bond motifs is 12. The van der Waals surface area contributed by atoms with Crippen LogP contribution in [0.4, 0.5) is 0 Å². The van der Waals surface area contributed by atoms with Gasteiger partial charge in [-0.05, 0) is 187 Å². The van der Waals surface area contributed by atoms with E-state index in [0.29, 0.717) is 42.9 Å². The van der Waals surface area contributed by atoms with Crippen LogP contribution in [-0.2, 0) is 57.4 Å². The minimum Gasteiger partial charge on any atom is -0.481 e. The third kappa shape index (κ3) is 9.03. The first-order valence-electron chi connectivity index (χ1n) is 30.6. The fourth-order valence-electron chi connectivity index (χ4n) is 21.6. The summed E-state index contributed by atoms with van der Waals surface area (Å²) in [4.78, 5) is 116. The highest BCUT2D eigenvalue weighted by atomic mass is 16.5. The monoisotopic (exact) mass is 1100 g/mol. The quantitative estimate of drug-likeness (QED) is 0.0887. The molecule has 9 rings (SSSR count). The number of hydrogen-bond donors (Lipinski definition) is 1. The molecular formula is C66H98O13. The van der Waals surface area contributed by atoms with Gasteiger partial charge < -0.3 is 19.3 Å². The molecule has 0 aromatic carbocycles. The number of rotatable bonds is 11. The molecule has 9 aliphatic rings. The molecular weight excluding hydrogens is 1000 g/mol. The molecule has 0 aromatic heterocycles. The van der Waals surface area contributed by atoms with Crippen LogP contribution in [0.15, 0.2) is 11.1 Å². The predicted molar refractivity (Wildman–Crippen MR) is 298 cm³/mol. The van der Waals surface area contributed by atoms with Gasteiger partial charge in [-0.2, -0.15) is 0 Å². The van der Waals surface area contributed by atoms with E-state index in [0.717, 1.165) is 75.4 Å². The Hall–Kier alpha value is -4.03. The maximum absolute atomic E-state index is 14.6. The van der Waals surface area contributed by atoms with Crippen molar-refractivity contribution >= 4 is 52.8 Å². The Bertz CT molecular complexity index is 2600. The summed E-state index contributed by atoms with van der Waals surface area (Å²) in [5.41, 5.74) is -0.960. The second kappa shape index (κ2) is 20.4. The molecule has 0 aromatic rings. The number of carbonyl (C=O) groups is 9. The number of allylic oxidation sites excluding steroid dienone is 1. The first-order valence-corrected chi connectivity index (χ1v) is 30.6. The molecule has 0 spiro atoms. The number of hydrogen-bond acceptors (Lipinski definition) is 12. The topological polar surface area (TPSA) is 202 Å². The minimum absolute atomic E-state index is 0.0280. The van der Waals surface area contributed by atoms with Crippen molar-refractivity contribution in [1.82, 2.24) is 0 Å². The van der Waals surface area contributed by atoms with Gasteiger partial charge in [0.05, 0.1) is 11.3 Å². The van der Waals surface area contributed by atoms with Crippen LogP contribution in [0.3, 0.4) is 0 Å². The van der Waals surface area contributed by atoms with Gasteiger partial charge in [0.15, 0.2) is 11.6 Å². The highest BCUT2D eigenvalue weighted by molar-refractivity contribution is 6.66. The molecule has 0 radical (unpaired) electrons. The van der Waals surface area contributed by atoms with E-state index in [4.69, 9.17) is 14.2 Å². The number of ether oxygens (including phenoxy) is 3. The Kier molecular flexibility index (Phi) is 15.8. The molecule has 0 amide bonds. The molecule has 8 saturated carbocycles. The molecule has 13 heteroatoms. The molecule has 440 valence electrons. The van der Waals surface area contributed by atoms with Gasteiger partial charge in [-0.15, -0.1) is 0 Å². The van der Waals surface area contributed by atoms with Gasteiger partial charge in [0, 0.05) is 38.5 Å². The summed E-state index contributed by atoms with van der Waals surface area (Å²) < 4.78 is 16.0. The summed E-state index contributed by atoms with van der Waals surface area (Å²) in [7, 11) is 0. The number of carboxylic acids is 1. The van der Waals surface area contributed by atoms with E-state index < -0.39 is 69.9 Å². The largest absolute Gasteiger partial charge is 0.481 e. The number of carboxylic acid groups (broad SMARTS) is 1. The van der Waals surface area contributed by atoms with Crippen LogP contribution < -0.4 is 0 Å². The van der Waals surface area contributed by atoms with Crippen molar-refractivity contribution in [1.29, 1.82) is 0 Å². The number of carbonyl (C=O) groups excluding carboxylic acids is 8. The summed E-state index contributed by atoms with van der Waals surface area (Å²) in [6.45, 7) is 32.5. The summed E-state index contributed by atoms with van der Waals surface area (Å²) in [6, 6.07) is 0. The molecule has 0 heterocycles. The number of Topliss-reactive ketones (excluding diaryl/α,β-unsaturated/α-hetero) is 5. The Morgan fingerprint density at radius 1 is 0.570 bits per heavy atom. The SMILES string of the molecule is CC(=O)OCC(C)C(=O)C(=O)C(=O)[C@]1(COC(C)=O)CC[C@]2(C)[C@H](CC[C@@H]3[C@@]4(C)CCCC(C)(C)[C@@H]4CC[C@]32C)C1=O.CC(=O)O[C@H]1CC[C@]2(C)[C@H]3CC[C@@H]4C5=C(C(C)C)C(=O)C[C@]5(C(=O)O)CC[C@@]4(C)[C@]3(C)CC[C@H]2C1(C)C. The zero-order chi connectivity index (χ0) is 58.8. The lowest BCUT2D eigenvalue weighted by Crippen LogP contribution is -2.67. The number of aliphatic carboxylic acids is 1. The van der Waals surface area contributed by atoms with Crippen LogP contribution in [0.2, 0.25) is 0 Å². The maximum Gasteiger partial charge on any atom is 0.314 e. The molecule has 13 nitrogen and oxygen atoms in total. The van der Waals surface area contributed by atoms with Crippen LogP contribution in [0.1, 0.15) is 226 Å². The van der Waals surface area contributed by atoms with E-state index in [-0.39, 0.29) is 92.8 Å². The standard InChI is InChI=1S/C34H50O8.C32H48O5/c1-20(18-41-21(2)35)26(37)27(38)29(40)34(19-42-22(3)36)17-16-32(7)23(28(34)39)10-11-25-31(6)14-9-13-30(4,5)24(31)12-15-33(25,32)8;1-18(2)25-21(34)17-32(27(35)36)16-15-30(7)20(26(25)32)9-10-23-29(6)13-12-24(37-19(3)33)28(4,5)22(29)11-14-31(23,30)8/h20,23-25H,9-19H2,1-8H3;18,20,22-24H,9-17H2,1-8H3,(H,35,36)/t20?,23-,24+,25-,31+,32-,33-,34+;20-,22+,23-,24+,29+,30-,31-,32-/m11/s1. The Morgan fingerprint density at radius 3 is 1.67 bits per heavy atom. The summed E-state index contributed by atoms with van der Waals surface area (Å²) in [5, 5.41) is 10.5. The molecule has 0 saturated heterocycles. The molecule has 1 unspecified atom stereocenters. The zero-order valence-corrected chi connectivity index (χ0v) is 51.2. The average molecular weight is 1100 g/mol. The van der Waals surface area contributed by atoms with Crippen LogP contribution in [0.25, 0.3) is 0 Å². The van der Waals surface area contributed by atoms with Gasteiger partial charge in [-0.1, -0.05) is 96.4 Å². The van der Waals surface area contributed by atoms with Gasteiger partial charge in [-0.3, -0.25) is 43.2 Å². The van der Waals surface area contributed by atoms with Gasteiger partial charge in [-0.25, -0.2) is 0 Å². The first kappa shape index (κ1) is 61.1. The molecule has 16 atom stereocenters. The van der Waals surface area contributed by atoms with Crippen LogP contribution in [0, 0.1) is 101 Å². The van der Waals surface area contributed by atoms with E-state index in [9.17, 15) is 48.3 Å². The Labute approximate surface area is 471 Å². The van der Waals surface area contributed by atoms with Crippen molar-refractivity contribution in [2.75, 3.05) is 13.2 Å². The van der Waals surface area contributed by atoms with Crippen LogP contribution in [-0.4, -0.2) is 77.2 Å². The summed E-state index contributed by atoms with van der Waals surface area (Å²) in [6.07, 6.45) is 15.6. The van der Waals surface area contributed by atoms with Gasteiger partial charge >= 0.3 is 23.9 Å². The fourth-order valence-corrected chi connectivity index (χ4v) is 21.6. The number of ketones is 5. The predicted octanol–water partition coefficient (Wildman–Crippen LogP) is 12.5. The molecule has 9 aliphatic carbocycles. The first-order chi connectivity index (χ1) is 36.4. The minimum atomic E-state index is -1.89. The highest BCUT2D eigenvalue weighted by Gasteiger charge is 2.73. The van der Waals surface area contributed by atoms with E-state index in [1.807, 2.05) is 0 Å². The van der Waals surface area contributed by atoms with Gasteiger partial charge in [0.25, 0.3) is 5.78 Å². The molecule has 0 bridgehead atoms. The molecule has 0 aliphatic heterocycles. The van der Waals surface area contributed by atoms with Gasteiger partial charge in [0.2, 0.25) is 11.6 Å². The van der Waals surface area contributed by atoms with Crippen molar-refractivity contribution in [2.45, 2.75) is 232 Å². The smallest absolute Gasteiger partial charge is 0.314 e. The molecule has 8 fully saturated rings. The average Bonchev–Trinajstić information content (AvgIpc) is 2.81. The van der Waals surface area contributed by atoms with Crippen LogP contribution >= 0.6 is 0 Å². The van der Waals surface area contributed by atoms with E-state index in [1.54, 1.807) is 0 Å². The lowest BCUT2D eigenvalue weighted by Gasteiger charge is -2.72. The van der Waals surface area contributed by atoms with Gasteiger partial charge in [0.1, 0.15) is 24.7 Å². The van der Waals surface area contributed by atoms with Crippen molar-refractivity contribution in [3.63, 3.8) is 0 Å². The second-order valence-corrected chi connectivity index (χ2v) is 30.5. The lowest BCUT2D eigenvalue weighted by atomic mass is 9.33. The number of esters is 3. The lowest BCUT2D eigenvalue weighted by molar-refractivity contribution is -0.233.